The van der Waals surface area contributed by atoms with Crippen LogP contribution >= 0.6 is 0 Å². The molecule has 3 rings (SSSR count). The maximum absolute atomic E-state index is 13.5. The summed E-state index contributed by atoms with van der Waals surface area (Å²) in [6.45, 7) is 0. The van der Waals surface area contributed by atoms with Gasteiger partial charge in [0.15, 0.2) is 0 Å². The van der Waals surface area contributed by atoms with Crippen molar-refractivity contribution in [3.63, 3.8) is 0 Å². The van der Waals surface area contributed by atoms with E-state index in [1.165, 1.54) is 7.11 Å². The first-order valence-corrected chi connectivity index (χ1v) is 7.63. The Labute approximate surface area is 125 Å². The topological polar surface area (TPSA) is 92.3 Å². The van der Waals surface area contributed by atoms with Gasteiger partial charge in [0.25, 0.3) is 10.1 Å². The number of rotatable bonds is 3. The number of fused-ring (bicyclic) bond motifs is 1. The summed E-state index contributed by atoms with van der Waals surface area (Å²) in [5.74, 6) is -0.0959. The lowest BCUT2D eigenvalue weighted by Gasteiger charge is -2.06. The summed E-state index contributed by atoms with van der Waals surface area (Å²) in [4.78, 5) is -0.412. The van der Waals surface area contributed by atoms with Crippen LogP contribution in [-0.4, -0.2) is 30.3 Å². The number of H-pyrrole nitrogens is 1. The smallest absolute Gasteiger partial charge is 0.295 e. The summed E-state index contributed by atoms with van der Waals surface area (Å²) in [6, 6.07) is 8.03. The number of aromatic amines is 1. The predicted molar refractivity (Wildman–Crippen MR) is 77.9 cm³/mol. The number of benzene rings is 2. The Hall–Kier alpha value is -2.45. The molecule has 0 saturated heterocycles. The van der Waals surface area contributed by atoms with Crippen LogP contribution in [0.1, 0.15) is 0 Å². The Bertz CT molecular complexity index is 966. The largest absolute Gasteiger partial charge is 0.497 e. The average molecular weight is 322 g/mol. The van der Waals surface area contributed by atoms with Gasteiger partial charge in [0, 0.05) is 10.9 Å². The molecule has 3 aromatic rings. The maximum Gasteiger partial charge on any atom is 0.295 e. The van der Waals surface area contributed by atoms with Crippen molar-refractivity contribution in [3.05, 3.63) is 42.2 Å². The zero-order valence-corrected chi connectivity index (χ0v) is 12.2. The SMILES string of the molecule is COc1ccc2[nH]nc(-c3cc(F)ccc3S(=O)(=O)O)c2c1. The minimum Gasteiger partial charge on any atom is -0.497 e. The van der Waals surface area contributed by atoms with E-state index < -0.39 is 20.8 Å². The zero-order chi connectivity index (χ0) is 15.9. The molecule has 2 aromatic carbocycles. The van der Waals surface area contributed by atoms with Gasteiger partial charge in [-0.2, -0.15) is 13.5 Å². The van der Waals surface area contributed by atoms with E-state index in [-0.39, 0.29) is 11.3 Å². The molecule has 0 fully saturated rings. The number of halogens is 1. The van der Waals surface area contributed by atoms with Crippen LogP contribution in [0.2, 0.25) is 0 Å². The van der Waals surface area contributed by atoms with Crippen LogP contribution in [0.5, 0.6) is 5.75 Å². The first-order chi connectivity index (χ1) is 10.4. The molecule has 114 valence electrons. The van der Waals surface area contributed by atoms with Crippen molar-refractivity contribution in [2.24, 2.45) is 0 Å². The molecule has 0 spiro atoms. The fraction of sp³-hybridized carbons (Fsp3) is 0.0714. The Morgan fingerprint density at radius 1 is 1.23 bits per heavy atom. The van der Waals surface area contributed by atoms with Crippen LogP contribution in [0, 0.1) is 5.82 Å². The van der Waals surface area contributed by atoms with Gasteiger partial charge in [0.1, 0.15) is 22.2 Å². The van der Waals surface area contributed by atoms with Gasteiger partial charge in [0.2, 0.25) is 0 Å². The van der Waals surface area contributed by atoms with Crippen molar-refractivity contribution >= 4 is 21.0 Å². The molecule has 0 bridgehead atoms. The number of nitrogens with zero attached hydrogens (tertiary/aromatic N) is 1. The number of hydrogen-bond donors (Lipinski definition) is 2. The first-order valence-electron chi connectivity index (χ1n) is 6.19. The molecule has 0 aliphatic rings. The number of hydrogen-bond acceptors (Lipinski definition) is 4. The lowest BCUT2D eigenvalue weighted by atomic mass is 10.1. The monoisotopic (exact) mass is 322 g/mol. The van der Waals surface area contributed by atoms with E-state index in [0.29, 0.717) is 16.7 Å². The quantitative estimate of drug-likeness (QED) is 0.723. The zero-order valence-electron chi connectivity index (χ0n) is 11.4. The van der Waals surface area contributed by atoms with Crippen LogP contribution in [0.3, 0.4) is 0 Å². The molecular weight excluding hydrogens is 311 g/mol. The second kappa shape index (κ2) is 5.08. The van der Waals surface area contributed by atoms with E-state index in [1.807, 2.05) is 0 Å². The molecule has 0 radical (unpaired) electrons. The van der Waals surface area contributed by atoms with Crippen LogP contribution in [-0.2, 0) is 10.1 Å². The van der Waals surface area contributed by atoms with Crippen LogP contribution < -0.4 is 4.74 Å². The summed E-state index contributed by atoms with van der Waals surface area (Å²) >= 11 is 0. The molecule has 0 aliphatic heterocycles. The average Bonchev–Trinajstić information content (AvgIpc) is 2.88. The number of nitrogens with one attached hydrogen (secondary N) is 1. The summed E-state index contributed by atoms with van der Waals surface area (Å²) < 4.78 is 51.0. The molecule has 0 aliphatic carbocycles. The molecule has 0 unspecified atom stereocenters. The lowest BCUT2D eigenvalue weighted by Crippen LogP contribution is -2.01. The molecular formula is C14H11FN2O4S. The highest BCUT2D eigenvalue weighted by molar-refractivity contribution is 7.86. The molecule has 0 saturated carbocycles. The van der Waals surface area contributed by atoms with Crippen LogP contribution in [0.25, 0.3) is 22.2 Å². The van der Waals surface area contributed by atoms with Crippen molar-refractivity contribution < 1.29 is 22.1 Å². The minimum atomic E-state index is -4.51. The third-order valence-corrected chi connectivity index (χ3v) is 4.16. The van der Waals surface area contributed by atoms with Gasteiger partial charge >= 0.3 is 0 Å². The first kappa shape index (κ1) is 14.5. The lowest BCUT2D eigenvalue weighted by molar-refractivity contribution is 0.415. The van der Waals surface area contributed by atoms with Gasteiger partial charge in [-0.3, -0.25) is 9.65 Å². The summed E-state index contributed by atoms with van der Waals surface area (Å²) in [5.41, 5.74) is 0.810. The maximum atomic E-state index is 13.5. The Morgan fingerprint density at radius 3 is 2.68 bits per heavy atom. The van der Waals surface area contributed by atoms with E-state index in [4.69, 9.17) is 4.74 Å². The van der Waals surface area contributed by atoms with Gasteiger partial charge in [-0.05, 0) is 36.4 Å². The minimum absolute atomic E-state index is 0.0259. The van der Waals surface area contributed by atoms with E-state index in [9.17, 15) is 17.4 Å². The van der Waals surface area contributed by atoms with Crippen LogP contribution in [0.4, 0.5) is 4.39 Å². The second-order valence-electron chi connectivity index (χ2n) is 4.60. The molecule has 0 amide bonds. The van der Waals surface area contributed by atoms with Crippen molar-refractivity contribution in [2.75, 3.05) is 7.11 Å². The third kappa shape index (κ3) is 2.42. The Balaban J connectivity index is 2.34. The van der Waals surface area contributed by atoms with Gasteiger partial charge in [-0.25, -0.2) is 4.39 Å². The van der Waals surface area contributed by atoms with Crippen LogP contribution in [0.15, 0.2) is 41.3 Å². The number of methoxy groups -OCH3 is 1. The number of ether oxygens (including phenoxy) is 1. The van der Waals surface area contributed by atoms with E-state index >= 15 is 0 Å². The second-order valence-corrected chi connectivity index (χ2v) is 5.99. The molecule has 1 heterocycles. The highest BCUT2D eigenvalue weighted by atomic mass is 32.2. The van der Waals surface area contributed by atoms with Gasteiger partial charge < -0.3 is 4.74 Å². The van der Waals surface area contributed by atoms with Gasteiger partial charge in [0.05, 0.1) is 12.6 Å². The molecule has 22 heavy (non-hydrogen) atoms. The summed E-state index contributed by atoms with van der Waals surface area (Å²) in [6.07, 6.45) is 0. The normalized spacial score (nSPS) is 11.8. The summed E-state index contributed by atoms with van der Waals surface area (Å²) in [7, 11) is -3.02. The van der Waals surface area contributed by atoms with Crippen molar-refractivity contribution in [2.45, 2.75) is 4.90 Å². The fourth-order valence-electron chi connectivity index (χ4n) is 2.24. The van der Waals surface area contributed by atoms with Gasteiger partial charge in [-0.1, -0.05) is 0 Å². The van der Waals surface area contributed by atoms with Crippen molar-refractivity contribution in [3.8, 4) is 17.0 Å². The Kier molecular flexibility index (Phi) is 3.34. The fourth-order valence-corrected chi connectivity index (χ4v) is 2.91. The van der Waals surface area contributed by atoms with E-state index in [1.54, 1.807) is 18.2 Å². The highest BCUT2D eigenvalue weighted by Crippen LogP contribution is 2.33. The highest BCUT2D eigenvalue weighted by Gasteiger charge is 2.21. The van der Waals surface area contributed by atoms with E-state index in [2.05, 4.69) is 10.2 Å². The third-order valence-electron chi connectivity index (χ3n) is 3.24. The molecule has 0 atom stereocenters. The molecule has 2 N–H and O–H groups in total. The van der Waals surface area contributed by atoms with Crippen molar-refractivity contribution in [1.82, 2.24) is 10.2 Å². The standard InChI is InChI=1S/C14H11FN2O4S/c1-21-9-3-4-12-10(7-9)14(17-16-12)11-6-8(15)2-5-13(11)22(18,19)20/h2-7H,1H3,(H,16,17)(H,18,19,20). The molecule has 6 nitrogen and oxygen atoms in total. The Morgan fingerprint density at radius 2 is 2.00 bits per heavy atom. The molecule has 1 aromatic heterocycles. The predicted octanol–water partition coefficient (Wildman–Crippen LogP) is 2.62. The number of aromatic nitrogens is 2. The summed E-state index contributed by atoms with van der Waals surface area (Å²) in [5, 5.41) is 7.32. The molecule has 8 heteroatoms. The van der Waals surface area contributed by atoms with Crippen molar-refractivity contribution in [1.29, 1.82) is 0 Å². The van der Waals surface area contributed by atoms with Gasteiger partial charge in [-0.15, -0.1) is 0 Å². The van der Waals surface area contributed by atoms with E-state index in [0.717, 1.165) is 18.2 Å².